The zero-order valence-corrected chi connectivity index (χ0v) is 12.1. The normalized spacial score (nSPS) is 10.2. The van der Waals surface area contributed by atoms with Crippen molar-refractivity contribution in [3.63, 3.8) is 0 Å². The first-order valence-corrected chi connectivity index (χ1v) is 7.47. The molecule has 2 aromatic rings. The van der Waals surface area contributed by atoms with E-state index in [0.717, 1.165) is 10.6 Å². The van der Waals surface area contributed by atoms with Gasteiger partial charge in [-0.2, -0.15) is 0 Å². The molecular weight excluding hydrogens is 270 g/mol. The monoisotopic (exact) mass is 287 g/mol. The number of aromatic hydroxyl groups is 1. The first-order valence-electron chi connectivity index (χ1n) is 6.48. The minimum absolute atomic E-state index is 0.0342. The number of phenolic OH excluding ortho intramolecular Hbond substituents is 1. The lowest BCUT2D eigenvalue weighted by Crippen LogP contribution is -2.32. The summed E-state index contributed by atoms with van der Waals surface area (Å²) in [6.45, 7) is 2.58. The van der Waals surface area contributed by atoms with Gasteiger partial charge in [0.25, 0.3) is 0 Å². The third-order valence-corrected chi connectivity index (χ3v) is 3.95. The maximum atomic E-state index is 12.3. The lowest BCUT2D eigenvalue weighted by Gasteiger charge is -2.20. The quantitative estimate of drug-likeness (QED) is 0.855. The van der Waals surface area contributed by atoms with Crippen molar-refractivity contribution >= 4 is 23.4 Å². The molecule has 0 aliphatic carbocycles. The Balaban J connectivity index is 2.02. The van der Waals surface area contributed by atoms with Gasteiger partial charge >= 0.3 is 0 Å². The van der Waals surface area contributed by atoms with Crippen molar-refractivity contribution in [2.75, 3.05) is 17.2 Å². The minimum atomic E-state index is 0.0342. The molecule has 2 aromatic carbocycles. The molecular formula is C16H17NO2S. The lowest BCUT2D eigenvalue weighted by atomic mass is 10.3. The van der Waals surface area contributed by atoms with Gasteiger partial charge in [-0.3, -0.25) is 4.79 Å². The van der Waals surface area contributed by atoms with Crippen molar-refractivity contribution < 1.29 is 9.90 Å². The second kappa shape index (κ2) is 7.01. The Morgan fingerprint density at radius 2 is 1.75 bits per heavy atom. The number of carbonyl (C=O) groups excluding carboxylic acids is 1. The summed E-state index contributed by atoms with van der Waals surface area (Å²) in [5.74, 6) is 0.556. The van der Waals surface area contributed by atoms with Crippen molar-refractivity contribution in [3.8, 4) is 5.75 Å². The van der Waals surface area contributed by atoms with Crippen LogP contribution in [0.1, 0.15) is 6.92 Å². The molecule has 0 heterocycles. The van der Waals surface area contributed by atoms with E-state index in [1.165, 1.54) is 11.8 Å². The molecule has 0 unspecified atom stereocenters. The highest BCUT2D eigenvalue weighted by molar-refractivity contribution is 8.00. The summed E-state index contributed by atoms with van der Waals surface area (Å²) in [6, 6.07) is 16.7. The largest absolute Gasteiger partial charge is 0.507 e. The molecule has 4 heteroatoms. The van der Waals surface area contributed by atoms with E-state index in [4.69, 9.17) is 0 Å². The minimum Gasteiger partial charge on any atom is -0.507 e. The van der Waals surface area contributed by atoms with Gasteiger partial charge in [0, 0.05) is 17.1 Å². The van der Waals surface area contributed by atoms with Gasteiger partial charge in [-0.25, -0.2) is 0 Å². The number of carbonyl (C=O) groups is 1. The molecule has 0 radical (unpaired) electrons. The standard InChI is InChI=1S/C16H17NO2S/c1-2-17(13-8-4-3-5-9-13)16(19)12-20-15-11-7-6-10-14(15)18/h3-11,18H,2,12H2,1H3. The van der Waals surface area contributed by atoms with Crippen LogP contribution in [-0.2, 0) is 4.79 Å². The number of rotatable bonds is 5. The highest BCUT2D eigenvalue weighted by atomic mass is 32.2. The topological polar surface area (TPSA) is 40.5 Å². The van der Waals surface area contributed by atoms with Gasteiger partial charge in [-0.05, 0) is 31.2 Å². The van der Waals surface area contributed by atoms with Crippen LogP contribution in [0.3, 0.4) is 0 Å². The van der Waals surface area contributed by atoms with Crippen LogP contribution in [0.15, 0.2) is 59.5 Å². The Kier molecular flexibility index (Phi) is 5.07. The molecule has 1 N–H and O–H groups in total. The molecule has 0 aliphatic heterocycles. The van der Waals surface area contributed by atoms with E-state index in [2.05, 4.69) is 0 Å². The molecule has 0 spiro atoms. The Morgan fingerprint density at radius 1 is 1.10 bits per heavy atom. The maximum Gasteiger partial charge on any atom is 0.237 e. The third-order valence-electron chi connectivity index (χ3n) is 2.90. The predicted octanol–water partition coefficient (Wildman–Crippen LogP) is 3.54. The molecule has 0 fully saturated rings. The molecule has 0 saturated heterocycles. The molecule has 0 saturated carbocycles. The summed E-state index contributed by atoms with van der Waals surface area (Å²) >= 11 is 1.35. The van der Waals surface area contributed by atoms with E-state index in [1.54, 1.807) is 17.0 Å². The molecule has 0 atom stereocenters. The number of anilines is 1. The van der Waals surface area contributed by atoms with Crippen molar-refractivity contribution in [2.24, 2.45) is 0 Å². The molecule has 20 heavy (non-hydrogen) atoms. The van der Waals surface area contributed by atoms with Gasteiger partial charge in [0.2, 0.25) is 5.91 Å². The van der Waals surface area contributed by atoms with Crippen molar-refractivity contribution in [1.29, 1.82) is 0 Å². The summed E-state index contributed by atoms with van der Waals surface area (Å²) < 4.78 is 0. The maximum absolute atomic E-state index is 12.3. The number of para-hydroxylation sites is 2. The van der Waals surface area contributed by atoms with Crippen LogP contribution in [0.2, 0.25) is 0 Å². The van der Waals surface area contributed by atoms with Crippen LogP contribution in [0.25, 0.3) is 0 Å². The summed E-state index contributed by atoms with van der Waals surface area (Å²) in [4.78, 5) is 14.8. The number of thioether (sulfide) groups is 1. The smallest absolute Gasteiger partial charge is 0.237 e. The Labute approximate surface area is 123 Å². The number of hydrogen-bond donors (Lipinski definition) is 1. The fourth-order valence-corrected chi connectivity index (χ4v) is 2.73. The number of hydrogen-bond acceptors (Lipinski definition) is 3. The average molecular weight is 287 g/mol. The zero-order valence-electron chi connectivity index (χ0n) is 11.3. The molecule has 1 amide bonds. The predicted molar refractivity (Wildman–Crippen MR) is 83.3 cm³/mol. The number of phenols is 1. The first-order chi connectivity index (χ1) is 9.72. The first kappa shape index (κ1) is 14.5. The average Bonchev–Trinajstić information content (AvgIpc) is 2.48. The van der Waals surface area contributed by atoms with E-state index >= 15 is 0 Å². The Hall–Kier alpha value is -1.94. The van der Waals surface area contributed by atoms with Crippen molar-refractivity contribution in [3.05, 3.63) is 54.6 Å². The van der Waals surface area contributed by atoms with Gasteiger partial charge in [0.1, 0.15) is 5.75 Å². The van der Waals surface area contributed by atoms with E-state index in [-0.39, 0.29) is 11.7 Å². The van der Waals surface area contributed by atoms with Crippen LogP contribution in [0, 0.1) is 0 Å². The van der Waals surface area contributed by atoms with Crippen molar-refractivity contribution in [1.82, 2.24) is 0 Å². The lowest BCUT2D eigenvalue weighted by molar-refractivity contribution is -0.116. The van der Waals surface area contributed by atoms with Crippen LogP contribution < -0.4 is 4.90 Å². The molecule has 0 aliphatic rings. The summed E-state index contributed by atoms with van der Waals surface area (Å²) in [7, 11) is 0. The molecule has 3 nitrogen and oxygen atoms in total. The fraction of sp³-hybridized carbons (Fsp3) is 0.188. The SMILES string of the molecule is CCN(C(=O)CSc1ccccc1O)c1ccccc1. The number of nitrogens with zero attached hydrogens (tertiary/aromatic N) is 1. The summed E-state index contributed by atoms with van der Waals surface area (Å²) in [5, 5.41) is 9.69. The van der Waals surface area contributed by atoms with Crippen LogP contribution in [0.5, 0.6) is 5.75 Å². The van der Waals surface area contributed by atoms with E-state index in [1.807, 2.05) is 49.4 Å². The van der Waals surface area contributed by atoms with Crippen molar-refractivity contribution in [2.45, 2.75) is 11.8 Å². The second-order valence-corrected chi connectivity index (χ2v) is 5.25. The van der Waals surface area contributed by atoms with Crippen LogP contribution >= 0.6 is 11.8 Å². The zero-order chi connectivity index (χ0) is 14.4. The van der Waals surface area contributed by atoms with Crippen LogP contribution in [-0.4, -0.2) is 23.3 Å². The van der Waals surface area contributed by atoms with Gasteiger partial charge in [0.05, 0.1) is 5.75 Å². The second-order valence-electron chi connectivity index (χ2n) is 4.23. The van der Waals surface area contributed by atoms with E-state index in [9.17, 15) is 9.90 Å². The van der Waals surface area contributed by atoms with Crippen LogP contribution in [0.4, 0.5) is 5.69 Å². The molecule has 104 valence electrons. The third kappa shape index (κ3) is 3.54. The van der Waals surface area contributed by atoms with Gasteiger partial charge in [-0.1, -0.05) is 30.3 Å². The van der Waals surface area contributed by atoms with E-state index < -0.39 is 0 Å². The Bertz CT molecular complexity index is 572. The Morgan fingerprint density at radius 3 is 2.40 bits per heavy atom. The van der Waals surface area contributed by atoms with E-state index in [0.29, 0.717) is 12.3 Å². The van der Waals surface area contributed by atoms with Gasteiger partial charge < -0.3 is 10.0 Å². The summed E-state index contributed by atoms with van der Waals surface area (Å²) in [5.41, 5.74) is 0.901. The molecule has 2 rings (SSSR count). The molecule has 0 aromatic heterocycles. The highest BCUT2D eigenvalue weighted by Gasteiger charge is 2.14. The molecule has 0 bridgehead atoms. The number of benzene rings is 2. The fourth-order valence-electron chi connectivity index (χ4n) is 1.91. The van der Waals surface area contributed by atoms with Gasteiger partial charge in [0.15, 0.2) is 0 Å². The van der Waals surface area contributed by atoms with Gasteiger partial charge in [-0.15, -0.1) is 11.8 Å². The highest BCUT2D eigenvalue weighted by Crippen LogP contribution is 2.28. The summed E-state index contributed by atoms with van der Waals surface area (Å²) in [6.07, 6.45) is 0. The number of amides is 1.